The number of fused-ring (bicyclic) bond motifs is 1. The Morgan fingerprint density at radius 2 is 2.09 bits per heavy atom. The van der Waals surface area contributed by atoms with Crippen molar-refractivity contribution in [1.29, 1.82) is 0 Å². The molecule has 0 atom stereocenters. The van der Waals surface area contributed by atoms with E-state index in [-0.39, 0.29) is 11.9 Å². The van der Waals surface area contributed by atoms with Crippen molar-refractivity contribution in [3.8, 4) is 0 Å². The number of aromatic amines is 1. The van der Waals surface area contributed by atoms with Crippen molar-refractivity contribution in [3.05, 3.63) is 29.5 Å². The molecular formula is C18H27N3OS. The molecule has 2 aromatic rings. The molecule has 1 heterocycles. The van der Waals surface area contributed by atoms with Crippen LogP contribution in [0.25, 0.3) is 10.9 Å². The lowest BCUT2D eigenvalue weighted by molar-refractivity contribution is 0.0938. The monoisotopic (exact) mass is 333 g/mol. The molecule has 1 aromatic heterocycles. The molecule has 0 radical (unpaired) electrons. The van der Waals surface area contributed by atoms with Crippen LogP contribution in [0.4, 0.5) is 5.69 Å². The average molecular weight is 334 g/mol. The zero-order chi connectivity index (χ0) is 16.8. The number of hydrogen-bond acceptors (Lipinski definition) is 3. The van der Waals surface area contributed by atoms with Gasteiger partial charge < -0.3 is 15.0 Å². The molecule has 0 saturated heterocycles. The highest BCUT2D eigenvalue weighted by Gasteiger charge is 2.15. The van der Waals surface area contributed by atoms with E-state index in [1.165, 1.54) is 19.3 Å². The minimum Gasteiger partial charge on any atom is -0.350 e. The van der Waals surface area contributed by atoms with Gasteiger partial charge in [0, 0.05) is 28.4 Å². The number of aromatic nitrogens is 1. The van der Waals surface area contributed by atoms with E-state index < -0.39 is 0 Å². The van der Waals surface area contributed by atoms with Gasteiger partial charge in [-0.15, -0.1) is 0 Å². The van der Waals surface area contributed by atoms with E-state index in [1.807, 2.05) is 26.8 Å². The van der Waals surface area contributed by atoms with Gasteiger partial charge in [-0.25, -0.2) is 0 Å². The number of H-pyrrole nitrogens is 1. The quantitative estimate of drug-likeness (QED) is 0.477. The molecule has 0 aliphatic rings. The van der Waals surface area contributed by atoms with Crippen molar-refractivity contribution in [2.75, 3.05) is 10.5 Å². The van der Waals surface area contributed by atoms with Crippen LogP contribution in [0.3, 0.4) is 0 Å². The molecule has 4 nitrogen and oxygen atoms in total. The maximum Gasteiger partial charge on any atom is 0.268 e. The van der Waals surface area contributed by atoms with Gasteiger partial charge in [0.05, 0.1) is 0 Å². The lowest BCUT2D eigenvalue weighted by Gasteiger charge is -2.07. The molecule has 1 aromatic carbocycles. The number of carbonyl (C=O) groups excluding carboxylic acids is 1. The Morgan fingerprint density at radius 1 is 1.30 bits per heavy atom. The average Bonchev–Trinajstić information content (AvgIpc) is 2.83. The van der Waals surface area contributed by atoms with Gasteiger partial charge in [-0.3, -0.25) is 4.79 Å². The topological polar surface area (TPSA) is 56.9 Å². The third-order valence-electron chi connectivity index (χ3n) is 3.75. The predicted octanol–water partition coefficient (Wildman–Crippen LogP) is 4.86. The van der Waals surface area contributed by atoms with E-state index in [4.69, 9.17) is 0 Å². The Labute approximate surface area is 142 Å². The van der Waals surface area contributed by atoms with Gasteiger partial charge in [0.1, 0.15) is 5.69 Å². The molecular weight excluding hydrogens is 306 g/mol. The lowest BCUT2D eigenvalue weighted by Crippen LogP contribution is -2.30. The van der Waals surface area contributed by atoms with Crippen LogP contribution >= 0.6 is 11.9 Å². The summed E-state index contributed by atoms with van der Waals surface area (Å²) in [6.07, 6.45) is 3.76. The molecule has 0 spiro atoms. The summed E-state index contributed by atoms with van der Waals surface area (Å²) in [6.45, 7) is 8.14. The van der Waals surface area contributed by atoms with Crippen LogP contribution in [0.15, 0.2) is 18.2 Å². The molecule has 0 aliphatic heterocycles. The molecule has 0 bridgehead atoms. The van der Waals surface area contributed by atoms with Crippen LogP contribution < -0.4 is 10.0 Å². The number of anilines is 1. The second kappa shape index (κ2) is 8.29. The standard InChI is InChI=1S/C18H27N3OS/c1-5-6-7-10-23-21-14-8-9-16-15(11-14)13(4)17(20-16)18(22)19-12(2)3/h8-9,11-12,20-21H,5-7,10H2,1-4H3,(H,19,22). The van der Waals surface area contributed by atoms with E-state index >= 15 is 0 Å². The van der Waals surface area contributed by atoms with Crippen LogP contribution in [-0.2, 0) is 0 Å². The molecule has 23 heavy (non-hydrogen) atoms. The number of aryl methyl sites for hydroxylation is 1. The fourth-order valence-electron chi connectivity index (χ4n) is 2.51. The molecule has 0 unspecified atom stereocenters. The minimum atomic E-state index is -0.0443. The van der Waals surface area contributed by atoms with E-state index in [9.17, 15) is 4.79 Å². The summed E-state index contributed by atoms with van der Waals surface area (Å²) in [4.78, 5) is 15.5. The van der Waals surface area contributed by atoms with Crippen LogP contribution in [0.1, 0.15) is 56.1 Å². The summed E-state index contributed by atoms with van der Waals surface area (Å²) in [5, 5.41) is 4.03. The van der Waals surface area contributed by atoms with Crippen LogP contribution in [0, 0.1) is 6.92 Å². The highest BCUT2D eigenvalue weighted by molar-refractivity contribution is 8.00. The van der Waals surface area contributed by atoms with Crippen LogP contribution in [-0.4, -0.2) is 22.7 Å². The fourth-order valence-corrected chi connectivity index (χ4v) is 3.25. The van der Waals surface area contributed by atoms with Crippen molar-refractivity contribution in [1.82, 2.24) is 10.3 Å². The summed E-state index contributed by atoms with van der Waals surface area (Å²) >= 11 is 1.74. The van der Waals surface area contributed by atoms with Crippen LogP contribution in [0.5, 0.6) is 0 Å². The van der Waals surface area contributed by atoms with E-state index in [1.54, 1.807) is 11.9 Å². The summed E-state index contributed by atoms with van der Waals surface area (Å²) in [6, 6.07) is 6.32. The molecule has 2 rings (SSSR count). The predicted molar refractivity (Wildman–Crippen MR) is 101 cm³/mol. The number of carbonyl (C=O) groups is 1. The number of benzene rings is 1. The number of amides is 1. The molecule has 0 fully saturated rings. The largest absolute Gasteiger partial charge is 0.350 e. The minimum absolute atomic E-state index is 0.0443. The van der Waals surface area contributed by atoms with E-state index in [2.05, 4.69) is 34.1 Å². The fraction of sp³-hybridized carbons (Fsp3) is 0.500. The first-order chi connectivity index (χ1) is 11.0. The smallest absolute Gasteiger partial charge is 0.268 e. The summed E-state index contributed by atoms with van der Waals surface area (Å²) < 4.78 is 3.40. The van der Waals surface area contributed by atoms with Crippen molar-refractivity contribution >= 4 is 34.4 Å². The zero-order valence-corrected chi connectivity index (χ0v) is 15.3. The highest BCUT2D eigenvalue weighted by atomic mass is 32.2. The lowest BCUT2D eigenvalue weighted by atomic mass is 10.1. The Balaban J connectivity index is 2.10. The number of rotatable bonds is 8. The number of hydrogen-bond donors (Lipinski definition) is 3. The highest BCUT2D eigenvalue weighted by Crippen LogP contribution is 2.26. The Kier molecular flexibility index (Phi) is 6.39. The maximum absolute atomic E-state index is 12.2. The van der Waals surface area contributed by atoms with Crippen molar-refractivity contribution in [3.63, 3.8) is 0 Å². The van der Waals surface area contributed by atoms with Gasteiger partial charge >= 0.3 is 0 Å². The number of unbranched alkanes of at least 4 members (excludes halogenated alkanes) is 2. The van der Waals surface area contributed by atoms with Gasteiger partial charge in [0.15, 0.2) is 0 Å². The first-order valence-electron chi connectivity index (χ1n) is 8.34. The molecule has 0 saturated carbocycles. The van der Waals surface area contributed by atoms with Gasteiger partial charge in [0.25, 0.3) is 5.91 Å². The molecule has 126 valence electrons. The first-order valence-corrected chi connectivity index (χ1v) is 9.32. The second-order valence-electron chi connectivity index (χ2n) is 6.17. The van der Waals surface area contributed by atoms with Gasteiger partial charge in [-0.2, -0.15) is 0 Å². The van der Waals surface area contributed by atoms with Crippen molar-refractivity contribution < 1.29 is 4.79 Å². The molecule has 0 aliphatic carbocycles. The Morgan fingerprint density at radius 3 is 2.78 bits per heavy atom. The summed E-state index contributed by atoms with van der Waals surface area (Å²) in [5.41, 5.74) is 3.73. The Hall–Kier alpha value is -1.62. The third-order valence-corrected chi connectivity index (χ3v) is 4.62. The second-order valence-corrected chi connectivity index (χ2v) is 7.07. The number of nitrogens with one attached hydrogen (secondary N) is 3. The van der Waals surface area contributed by atoms with Crippen molar-refractivity contribution in [2.24, 2.45) is 0 Å². The first kappa shape index (κ1) is 17.7. The van der Waals surface area contributed by atoms with E-state index in [0.29, 0.717) is 5.69 Å². The molecule has 5 heteroatoms. The SMILES string of the molecule is CCCCCSNc1ccc2[nH]c(C(=O)NC(C)C)c(C)c2c1. The normalized spacial score (nSPS) is 11.2. The van der Waals surface area contributed by atoms with Crippen LogP contribution in [0.2, 0.25) is 0 Å². The van der Waals surface area contributed by atoms with Gasteiger partial charge in [-0.05, 0) is 51.0 Å². The van der Waals surface area contributed by atoms with Crippen molar-refractivity contribution in [2.45, 2.75) is 53.0 Å². The Bertz CT molecular complexity index is 664. The molecule has 1 amide bonds. The van der Waals surface area contributed by atoms with E-state index in [0.717, 1.165) is 27.9 Å². The maximum atomic E-state index is 12.2. The summed E-state index contributed by atoms with van der Waals surface area (Å²) in [5.74, 6) is 1.07. The third kappa shape index (κ3) is 4.67. The summed E-state index contributed by atoms with van der Waals surface area (Å²) in [7, 11) is 0. The molecule has 3 N–H and O–H groups in total. The van der Waals surface area contributed by atoms with Gasteiger partial charge in [-0.1, -0.05) is 31.7 Å². The van der Waals surface area contributed by atoms with Gasteiger partial charge in [0.2, 0.25) is 0 Å². The zero-order valence-electron chi connectivity index (χ0n) is 14.5.